The van der Waals surface area contributed by atoms with Gasteiger partial charge in [-0.1, -0.05) is 0 Å². The van der Waals surface area contributed by atoms with E-state index in [-0.39, 0.29) is 24.5 Å². The van der Waals surface area contributed by atoms with Gasteiger partial charge in [0.1, 0.15) is 6.61 Å². The van der Waals surface area contributed by atoms with Crippen LogP contribution in [0, 0.1) is 0 Å². The van der Waals surface area contributed by atoms with E-state index in [0.29, 0.717) is 13.0 Å². The predicted octanol–water partition coefficient (Wildman–Crippen LogP) is -0.650. The average Bonchev–Trinajstić information content (AvgIpc) is 2.37. The van der Waals surface area contributed by atoms with Crippen LogP contribution in [0.1, 0.15) is 19.3 Å². The third kappa shape index (κ3) is 5.01. The van der Waals surface area contributed by atoms with Crippen LogP contribution in [0.2, 0.25) is 0 Å². The van der Waals surface area contributed by atoms with Gasteiger partial charge >= 0.3 is 0 Å². The molecular formula is C12H23N3O3. The van der Waals surface area contributed by atoms with E-state index in [2.05, 4.69) is 10.6 Å². The quantitative estimate of drug-likeness (QED) is 0.663. The maximum absolute atomic E-state index is 11.8. The minimum absolute atomic E-state index is 0.0857. The van der Waals surface area contributed by atoms with E-state index in [1.54, 1.807) is 0 Å². The van der Waals surface area contributed by atoms with Gasteiger partial charge in [0.05, 0.1) is 0 Å². The molecule has 6 heteroatoms. The second kappa shape index (κ2) is 8.05. The molecular weight excluding hydrogens is 234 g/mol. The molecule has 0 aromatic rings. The van der Waals surface area contributed by atoms with Gasteiger partial charge in [-0.15, -0.1) is 0 Å². The number of ether oxygens (including phenoxy) is 1. The molecule has 1 heterocycles. The number of carbonyl (C=O) groups is 2. The molecule has 1 fully saturated rings. The van der Waals surface area contributed by atoms with Crippen LogP contribution in [0.15, 0.2) is 0 Å². The fourth-order valence-electron chi connectivity index (χ4n) is 2.06. The summed E-state index contributed by atoms with van der Waals surface area (Å²) in [6.07, 6.45) is 2.18. The number of hydrogen-bond acceptors (Lipinski definition) is 4. The molecule has 0 atom stereocenters. The van der Waals surface area contributed by atoms with E-state index in [0.717, 1.165) is 25.9 Å². The third-order valence-corrected chi connectivity index (χ3v) is 3.08. The molecule has 0 aliphatic carbocycles. The van der Waals surface area contributed by atoms with Gasteiger partial charge in [0.15, 0.2) is 0 Å². The van der Waals surface area contributed by atoms with E-state index in [1.165, 1.54) is 7.11 Å². The first-order valence-corrected chi connectivity index (χ1v) is 6.38. The van der Waals surface area contributed by atoms with Gasteiger partial charge in [-0.3, -0.25) is 9.59 Å². The second-order valence-corrected chi connectivity index (χ2v) is 4.51. The number of rotatable bonds is 6. The third-order valence-electron chi connectivity index (χ3n) is 3.08. The maximum Gasteiger partial charge on any atom is 0.246 e. The predicted molar refractivity (Wildman–Crippen MR) is 68.2 cm³/mol. The van der Waals surface area contributed by atoms with Crippen molar-refractivity contribution in [3.63, 3.8) is 0 Å². The van der Waals surface area contributed by atoms with Gasteiger partial charge in [-0.2, -0.15) is 0 Å². The largest absolute Gasteiger partial charge is 0.375 e. The Balaban J connectivity index is 2.23. The first-order chi connectivity index (χ1) is 8.67. The molecule has 6 nitrogen and oxygen atoms in total. The second-order valence-electron chi connectivity index (χ2n) is 4.51. The van der Waals surface area contributed by atoms with E-state index in [4.69, 9.17) is 4.74 Å². The lowest BCUT2D eigenvalue weighted by Crippen LogP contribution is -2.47. The molecule has 0 aromatic heterocycles. The number of piperidine rings is 1. The van der Waals surface area contributed by atoms with Gasteiger partial charge < -0.3 is 20.3 Å². The monoisotopic (exact) mass is 257 g/mol. The number of nitrogens with zero attached hydrogens (tertiary/aromatic N) is 1. The molecule has 0 aromatic carbocycles. The normalized spacial score (nSPS) is 16.7. The minimum Gasteiger partial charge on any atom is -0.375 e. The fourth-order valence-corrected chi connectivity index (χ4v) is 2.06. The van der Waals surface area contributed by atoms with Crippen molar-refractivity contribution in [2.75, 3.05) is 40.4 Å². The maximum atomic E-state index is 11.8. The highest BCUT2D eigenvalue weighted by atomic mass is 16.5. The van der Waals surface area contributed by atoms with Crippen molar-refractivity contribution in [3.8, 4) is 0 Å². The Kier molecular flexibility index (Phi) is 6.67. The SMILES string of the molecule is CNCCC(=O)N1CCC(NC(=O)COC)CC1. The van der Waals surface area contributed by atoms with Crippen LogP contribution in [0.3, 0.4) is 0 Å². The average molecular weight is 257 g/mol. The number of methoxy groups -OCH3 is 1. The molecule has 1 aliphatic heterocycles. The van der Waals surface area contributed by atoms with Crippen molar-refractivity contribution in [2.24, 2.45) is 0 Å². The van der Waals surface area contributed by atoms with Crippen LogP contribution in [0.4, 0.5) is 0 Å². The van der Waals surface area contributed by atoms with Gasteiger partial charge in [0.25, 0.3) is 0 Å². The standard InChI is InChI=1S/C12H23N3O3/c1-13-6-3-12(17)15-7-4-10(5-8-15)14-11(16)9-18-2/h10,13H,3-9H2,1-2H3,(H,14,16). The van der Waals surface area contributed by atoms with Gasteiger partial charge in [-0.05, 0) is 19.9 Å². The van der Waals surface area contributed by atoms with E-state index in [1.807, 2.05) is 11.9 Å². The number of nitrogens with one attached hydrogen (secondary N) is 2. The number of likely N-dealkylation sites (tertiary alicyclic amines) is 1. The Labute approximate surface area is 108 Å². The van der Waals surface area contributed by atoms with Crippen molar-refractivity contribution < 1.29 is 14.3 Å². The van der Waals surface area contributed by atoms with Gasteiger partial charge in [0, 0.05) is 39.2 Å². The van der Waals surface area contributed by atoms with Crippen LogP contribution in [0.5, 0.6) is 0 Å². The molecule has 18 heavy (non-hydrogen) atoms. The molecule has 1 aliphatic rings. The van der Waals surface area contributed by atoms with Crippen molar-refractivity contribution in [2.45, 2.75) is 25.3 Å². The molecule has 1 saturated heterocycles. The molecule has 0 unspecified atom stereocenters. The first-order valence-electron chi connectivity index (χ1n) is 6.38. The summed E-state index contributed by atoms with van der Waals surface area (Å²) >= 11 is 0. The summed E-state index contributed by atoms with van der Waals surface area (Å²) < 4.78 is 4.77. The Morgan fingerprint density at radius 1 is 1.33 bits per heavy atom. The molecule has 104 valence electrons. The van der Waals surface area contributed by atoms with Crippen LogP contribution >= 0.6 is 0 Å². The Morgan fingerprint density at radius 3 is 2.56 bits per heavy atom. The van der Waals surface area contributed by atoms with Crippen LogP contribution < -0.4 is 10.6 Å². The van der Waals surface area contributed by atoms with Crippen molar-refractivity contribution >= 4 is 11.8 Å². The highest BCUT2D eigenvalue weighted by molar-refractivity contribution is 5.78. The summed E-state index contributed by atoms with van der Waals surface area (Å²) in [5.41, 5.74) is 0. The molecule has 0 saturated carbocycles. The summed E-state index contributed by atoms with van der Waals surface area (Å²) in [6, 6.07) is 0.168. The van der Waals surface area contributed by atoms with E-state index >= 15 is 0 Å². The zero-order valence-electron chi connectivity index (χ0n) is 11.2. The van der Waals surface area contributed by atoms with Crippen molar-refractivity contribution in [1.29, 1.82) is 0 Å². The number of carbonyl (C=O) groups excluding carboxylic acids is 2. The lowest BCUT2D eigenvalue weighted by atomic mass is 10.0. The lowest BCUT2D eigenvalue weighted by Gasteiger charge is -2.32. The van der Waals surface area contributed by atoms with Crippen LogP contribution in [-0.2, 0) is 14.3 Å². The lowest BCUT2D eigenvalue weighted by molar-refractivity contribution is -0.132. The summed E-state index contributed by atoms with van der Waals surface area (Å²) in [7, 11) is 3.34. The molecule has 2 amide bonds. The van der Waals surface area contributed by atoms with Crippen molar-refractivity contribution in [1.82, 2.24) is 15.5 Å². The minimum atomic E-state index is -0.0857. The molecule has 0 radical (unpaired) electrons. The molecule has 0 bridgehead atoms. The Morgan fingerprint density at radius 2 is 2.00 bits per heavy atom. The Hall–Kier alpha value is -1.14. The summed E-state index contributed by atoms with van der Waals surface area (Å²) in [4.78, 5) is 25.0. The zero-order chi connectivity index (χ0) is 13.4. The highest BCUT2D eigenvalue weighted by Crippen LogP contribution is 2.11. The number of amides is 2. The molecule has 2 N–H and O–H groups in total. The van der Waals surface area contributed by atoms with Crippen LogP contribution in [0.25, 0.3) is 0 Å². The van der Waals surface area contributed by atoms with E-state index < -0.39 is 0 Å². The van der Waals surface area contributed by atoms with E-state index in [9.17, 15) is 9.59 Å². The van der Waals surface area contributed by atoms with Gasteiger partial charge in [-0.25, -0.2) is 0 Å². The highest BCUT2D eigenvalue weighted by Gasteiger charge is 2.23. The van der Waals surface area contributed by atoms with Crippen molar-refractivity contribution in [3.05, 3.63) is 0 Å². The summed E-state index contributed by atoms with van der Waals surface area (Å²) in [5.74, 6) is 0.100. The topological polar surface area (TPSA) is 70.7 Å². The smallest absolute Gasteiger partial charge is 0.246 e. The van der Waals surface area contributed by atoms with Gasteiger partial charge in [0.2, 0.25) is 11.8 Å². The molecule has 1 rings (SSSR count). The molecule has 0 spiro atoms. The summed E-state index contributed by atoms with van der Waals surface area (Å²) in [6.45, 7) is 2.26. The number of hydrogen-bond donors (Lipinski definition) is 2. The zero-order valence-corrected chi connectivity index (χ0v) is 11.2. The van der Waals surface area contributed by atoms with Crippen LogP contribution in [-0.4, -0.2) is 63.2 Å². The first kappa shape index (κ1) is 14.9. The summed E-state index contributed by atoms with van der Waals surface area (Å²) in [5, 5.41) is 5.88. The fraction of sp³-hybridized carbons (Fsp3) is 0.833. The Bertz CT molecular complexity index is 276.